The van der Waals surface area contributed by atoms with E-state index in [-0.39, 0.29) is 0 Å². The smallest absolute Gasteiger partial charge is 0.273 e. The fourth-order valence-corrected chi connectivity index (χ4v) is 0.869. The molecule has 13 heavy (non-hydrogen) atoms. The van der Waals surface area contributed by atoms with Gasteiger partial charge in [-0.2, -0.15) is 0 Å². The SMILES string of the molecule is CCN(CC)C(=S)OC.NC(=O)S. The summed E-state index contributed by atoms with van der Waals surface area (Å²) in [6.07, 6.45) is 0. The molecule has 0 saturated carbocycles. The minimum Gasteiger partial charge on any atom is -0.474 e. The summed E-state index contributed by atoms with van der Waals surface area (Å²) in [6.45, 7) is 5.94. The Morgan fingerprint density at radius 3 is 1.92 bits per heavy atom. The summed E-state index contributed by atoms with van der Waals surface area (Å²) in [5.74, 6) is 0. The minimum absolute atomic E-state index is 0.583. The van der Waals surface area contributed by atoms with E-state index in [1.54, 1.807) is 7.11 Å². The van der Waals surface area contributed by atoms with Gasteiger partial charge in [-0.15, -0.1) is 0 Å². The summed E-state index contributed by atoms with van der Waals surface area (Å²) < 4.78 is 4.85. The highest BCUT2D eigenvalue weighted by atomic mass is 32.1. The highest BCUT2D eigenvalue weighted by Gasteiger charge is 2.01. The number of primary amides is 1. The Hall–Kier alpha value is -0.490. The van der Waals surface area contributed by atoms with Crippen molar-refractivity contribution in [3.63, 3.8) is 0 Å². The molecule has 0 fully saturated rings. The van der Waals surface area contributed by atoms with Gasteiger partial charge >= 0.3 is 0 Å². The number of hydrogen-bond donors (Lipinski definition) is 2. The molecule has 6 heteroatoms. The van der Waals surface area contributed by atoms with Crippen molar-refractivity contribution < 1.29 is 9.53 Å². The lowest BCUT2D eigenvalue weighted by molar-refractivity contribution is 0.267. The summed E-state index contributed by atoms with van der Waals surface area (Å²) >= 11 is 7.98. The van der Waals surface area contributed by atoms with E-state index in [4.69, 9.17) is 21.7 Å². The number of amides is 1. The first-order chi connectivity index (χ1) is 5.99. The largest absolute Gasteiger partial charge is 0.474 e. The van der Waals surface area contributed by atoms with Gasteiger partial charge < -0.3 is 15.4 Å². The highest BCUT2D eigenvalue weighted by Crippen LogP contribution is 1.90. The molecule has 0 aliphatic heterocycles. The number of carbonyl (C=O) groups excluding carboxylic acids is 1. The third-order valence-corrected chi connectivity index (χ3v) is 1.62. The van der Waals surface area contributed by atoms with Crippen LogP contribution in [0.25, 0.3) is 0 Å². The van der Waals surface area contributed by atoms with Gasteiger partial charge in [0.2, 0.25) is 0 Å². The van der Waals surface area contributed by atoms with Crippen molar-refractivity contribution >= 4 is 35.3 Å². The van der Waals surface area contributed by atoms with Crippen LogP contribution in [0.2, 0.25) is 0 Å². The Kier molecular flexibility index (Phi) is 11.1. The monoisotopic (exact) mass is 224 g/mol. The molecule has 0 bridgehead atoms. The molecule has 0 heterocycles. The molecular formula is C7H16N2O2S2. The Morgan fingerprint density at radius 1 is 1.54 bits per heavy atom. The summed E-state index contributed by atoms with van der Waals surface area (Å²) in [5, 5.41) is -0.0556. The summed E-state index contributed by atoms with van der Waals surface area (Å²) in [5.41, 5.74) is 4.34. The molecule has 0 spiro atoms. The quantitative estimate of drug-likeness (QED) is 0.547. The van der Waals surface area contributed by atoms with Crippen LogP contribution in [0.1, 0.15) is 13.8 Å². The van der Waals surface area contributed by atoms with Crippen LogP contribution in [0, 0.1) is 0 Å². The maximum atomic E-state index is 9.09. The molecule has 0 rings (SSSR count). The molecular weight excluding hydrogens is 208 g/mol. The van der Waals surface area contributed by atoms with Gasteiger partial charge in [0, 0.05) is 13.1 Å². The predicted octanol–water partition coefficient (Wildman–Crippen LogP) is 1.25. The van der Waals surface area contributed by atoms with Crippen LogP contribution in [-0.4, -0.2) is 35.5 Å². The van der Waals surface area contributed by atoms with Crippen molar-refractivity contribution in [2.45, 2.75) is 13.8 Å². The second-order valence-corrected chi connectivity index (χ2v) is 2.77. The molecule has 78 valence electrons. The molecule has 0 aromatic carbocycles. The van der Waals surface area contributed by atoms with E-state index in [2.05, 4.69) is 32.2 Å². The third kappa shape index (κ3) is 11.5. The van der Waals surface area contributed by atoms with Crippen LogP contribution < -0.4 is 5.73 Å². The molecule has 0 saturated heterocycles. The van der Waals surface area contributed by atoms with E-state index in [0.717, 1.165) is 13.1 Å². The first-order valence-corrected chi connectivity index (χ1v) is 4.66. The Bertz CT molecular complexity index is 157. The van der Waals surface area contributed by atoms with Crippen LogP contribution in [0.3, 0.4) is 0 Å². The number of hydrogen-bond acceptors (Lipinski definition) is 3. The Labute approximate surface area is 89.8 Å². The number of thiol groups is 1. The molecule has 0 aliphatic carbocycles. The van der Waals surface area contributed by atoms with Gasteiger partial charge in [0.15, 0.2) is 0 Å². The lowest BCUT2D eigenvalue weighted by Gasteiger charge is -2.19. The number of carbonyl (C=O) groups is 1. The summed E-state index contributed by atoms with van der Waals surface area (Å²) in [7, 11) is 1.60. The molecule has 0 aromatic heterocycles. The maximum Gasteiger partial charge on any atom is 0.273 e. The van der Waals surface area contributed by atoms with Crippen LogP contribution in [0.4, 0.5) is 4.79 Å². The van der Waals surface area contributed by atoms with Crippen LogP contribution in [0.15, 0.2) is 0 Å². The standard InChI is InChI=1S/C6H13NOS.CH3NOS/c1-4-7(5-2)6(9)8-3;2-1(3)4/h4-5H2,1-3H3;(H3,2,3,4). The van der Waals surface area contributed by atoms with Crippen molar-refractivity contribution in [1.82, 2.24) is 4.90 Å². The summed E-state index contributed by atoms with van der Waals surface area (Å²) in [4.78, 5) is 11.1. The molecule has 0 radical (unpaired) electrons. The molecule has 2 N–H and O–H groups in total. The van der Waals surface area contributed by atoms with Crippen molar-refractivity contribution in [3.8, 4) is 0 Å². The van der Waals surface area contributed by atoms with E-state index >= 15 is 0 Å². The van der Waals surface area contributed by atoms with Gasteiger partial charge in [0.05, 0.1) is 7.11 Å². The first kappa shape index (κ1) is 15.0. The Balaban J connectivity index is 0. The van der Waals surface area contributed by atoms with Crippen LogP contribution in [0.5, 0.6) is 0 Å². The lowest BCUT2D eigenvalue weighted by Crippen LogP contribution is -2.29. The molecule has 0 unspecified atom stereocenters. The zero-order chi connectivity index (χ0) is 10.9. The number of nitrogens with zero attached hydrogens (tertiary/aromatic N) is 1. The first-order valence-electron chi connectivity index (χ1n) is 3.80. The second kappa shape index (κ2) is 9.60. The fraction of sp³-hybridized carbons (Fsp3) is 0.714. The van der Waals surface area contributed by atoms with Crippen molar-refractivity contribution in [2.75, 3.05) is 20.2 Å². The number of methoxy groups -OCH3 is 1. The Morgan fingerprint density at radius 2 is 1.85 bits per heavy atom. The molecule has 4 nitrogen and oxygen atoms in total. The van der Waals surface area contributed by atoms with Gasteiger partial charge in [-0.25, -0.2) is 0 Å². The van der Waals surface area contributed by atoms with E-state index < -0.39 is 5.24 Å². The third-order valence-electron chi connectivity index (χ3n) is 1.20. The van der Waals surface area contributed by atoms with E-state index in [9.17, 15) is 0 Å². The molecule has 0 aromatic rings. The van der Waals surface area contributed by atoms with Crippen LogP contribution in [-0.2, 0) is 4.74 Å². The van der Waals surface area contributed by atoms with Gasteiger partial charge in [-0.05, 0) is 26.1 Å². The van der Waals surface area contributed by atoms with E-state index in [1.807, 2.05) is 4.90 Å². The van der Waals surface area contributed by atoms with Crippen LogP contribution >= 0.6 is 24.8 Å². The number of ether oxygens (including phenoxy) is 1. The zero-order valence-corrected chi connectivity index (χ0v) is 9.82. The number of nitrogens with two attached hydrogens (primary N) is 1. The zero-order valence-electron chi connectivity index (χ0n) is 8.11. The van der Waals surface area contributed by atoms with Crippen molar-refractivity contribution in [3.05, 3.63) is 0 Å². The normalized spacial score (nSPS) is 8.00. The minimum atomic E-state index is -0.639. The van der Waals surface area contributed by atoms with Crippen molar-refractivity contribution in [1.29, 1.82) is 0 Å². The molecule has 0 atom stereocenters. The molecule has 0 aliphatic rings. The van der Waals surface area contributed by atoms with Gasteiger partial charge in [0.25, 0.3) is 10.4 Å². The lowest BCUT2D eigenvalue weighted by atomic mass is 10.6. The molecule has 1 amide bonds. The highest BCUT2D eigenvalue weighted by molar-refractivity contribution is 7.96. The van der Waals surface area contributed by atoms with Gasteiger partial charge in [-0.1, -0.05) is 12.6 Å². The topological polar surface area (TPSA) is 55.6 Å². The predicted molar refractivity (Wildman–Crippen MR) is 61.1 cm³/mol. The van der Waals surface area contributed by atoms with E-state index in [1.165, 1.54) is 0 Å². The second-order valence-electron chi connectivity index (χ2n) is 1.98. The summed E-state index contributed by atoms with van der Waals surface area (Å²) in [6, 6.07) is 0. The average molecular weight is 224 g/mol. The number of thiocarbonyl (C=S) groups is 1. The van der Waals surface area contributed by atoms with Crippen molar-refractivity contribution in [2.24, 2.45) is 5.73 Å². The number of rotatable bonds is 2. The fourth-order valence-electron chi connectivity index (χ4n) is 0.611. The van der Waals surface area contributed by atoms with E-state index in [0.29, 0.717) is 5.17 Å². The maximum absolute atomic E-state index is 9.09. The average Bonchev–Trinajstić information content (AvgIpc) is 2.05. The van der Waals surface area contributed by atoms with Gasteiger partial charge in [0.1, 0.15) is 0 Å². The van der Waals surface area contributed by atoms with Gasteiger partial charge in [-0.3, -0.25) is 4.79 Å².